The molecule has 0 saturated carbocycles. The van der Waals surface area contributed by atoms with Gasteiger partial charge in [-0.05, 0) is 25.5 Å². The SMILES string of the molecule is C=C(C)C(=O)c1ccccc1C(=O)[N+](C)(C)CC. The van der Waals surface area contributed by atoms with E-state index in [4.69, 9.17) is 0 Å². The van der Waals surface area contributed by atoms with Crippen LogP contribution in [0.15, 0.2) is 36.4 Å². The summed E-state index contributed by atoms with van der Waals surface area (Å²) in [7, 11) is 3.68. The number of carbonyl (C=O) groups excluding carboxylic acids is 2. The molecule has 1 aromatic carbocycles. The Bertz CT molecular complexity index is 501. The number of carbonyl (C=O) groups is 2. The lowest BCUT2D eigenvalue weighted by Gasteiger charge is -2.25. The summed E-state index contributed by atoms with van der Waals surface area (Å²) in [5.74, 6) is -0.224. The van der Waals surface area contributed by atoms with Crippen LogP contribution in [0.5, 0.6) is 0 Å². The van der Waals surface area contributed by atoms with Gasteiger partial charge in [0.25, 0.3) is 0 Å². The highest BCUT2D eigenvalue weighted by Crippen LogP contribution is 2.17. The molecular formula is C15H20NO2+. The summed E-state index contributed by atoms with van der Waals surface area (Å²) in [6.45, 7) is 7.92. The smallest absolute Gasteiger partial charge is 0.289 e. The van der Waals surface area contributed by atoms with Crippen LogP contribution in [0.2, 0.25) is 0 Å². The van der Waals surface area contributed by atoms with Gasteiger partial charge < -0.3 is 0 Å². The standard InChI is InChI=1S/C15H20NO2/c1-6-16(4,5)15(18)13-10-8-7-9-12(13)14(17)11(2)3/h7-10H,2,6H2,1,3-5H3/q+1. The molecule has 0 aliphatic rings. The monoisotopic (exact) mass is 246 g/mol. The second-order valence-electron chi connectivity index (χ2n) is 4.96. The Labute approximate surface area is 108 Å². The molecule has 0 radical (unpaired) electrons. The van der Waals surface area contributed by atoms with Gasteiger partial charge in [0, 0.05) is 5.56 Å². The average molecular weight is 246 g/mol. The maximum atomic E-state index is 12.4. The van der Waals surface area contributed by atoms with Crippen molar-refractivity contribution in [2.75, 3.05) is 20.6 Å². The molecule has 18 heavy (non-hydrogen) atoms. The van der Waals surface area contributed by atoms with E-state index < -0.39 is 0 Å². The van der Waals surface area contributed by atoms with E-state index in [1.807, 2.05) is 21.0 Å². The molecule has 0 fully saturated rings. The van der Waals surface area contributed by atoms with Crippen LogP contribution in [-0.4, -0.2) is 36.8 Å². The first-order valence-electron chi connectivity index (χ1n) is 5.98. The van der Waals surface area contributed by atoms with E-state index in [2.05, 4.69) is 6.58 Å². The number of quaternary nitrogens is 1. The van der Waals surface area contributed by atoms with Crippen molar-refractivity contribution in [3.8, 4) is 0 Å². The predicted molar refractivity (Wildman–Crippen MR) is 72.6 cm³/mol. The number of hydrogen-bond acceptors (Lipinski definition) is 2. The Balaban J connectivity index is 3.30. The van der Waals surface area contributed by atoms with E-state index in [9.17, 15) is 9.59 Å². The second-order valence-corrected chi connectivity index (χ2v) is 4.96. The fourth-order valence-electron chi connectivity index (χ4n) is 1.57. The van der Waals surface area contributed by atoms with E-state index >= 15 is 0 Å². The summed E-state index contributed by atoms with van der Waals surface area (Å²) in [6.07, 6.45) is 0. The molecular weight excluding hydrogens is 226 g/mol. The summed E-state index contributed by atoms with van der Waals surface area (Å²) < 4.78 is 0.223. The van der Waals surface area contributed by atoms with Crippen LogP contribution in [0.3, 0.4) is 0 Å². The largest absolute Gasteiger partial charge is 0.346 e. The van der Waals surface area contributed by atoms with Crippen LogP contribution in [-0.2, 0) is 0 Å². The molecule has 3 heteroatoms. The van der Waals surface area contributed by atoms with E-state index in [0.717, 1.165) is 0 Å². The minimum absolute atomic E-state index is 0.0531. The number of benzene rings is 1. The number of ketones is 1. The zero-order valence-electron chi connectivity index (χ0n) is 11.5. The van der Waals surface area contributed by atoms with Crippen molar-refractivity contribution in [2.24, 2.45) is 0 Å². The lowest BCUT2D eigenvalue weighted by Crippen LogP contribution is -2.45. The Hall–Kier alpha value is -1.74. The molecule has 0 aliphatic carbocycles. The predicted octanol–water partition coefficient (Wildman–Crippen LogP) is 2.68. The number of Topliss-reactive ketones (excluding diaryl/α,β-unsaturated/α-hetero) is 1. The quantitative estimate of drug-likeness (QED) is 0.465. The average Bonchev–Trinajstić information content (AvgIpc) is 2.36. The minimum Gasteiger partial charge on any atom is -0.289 e. The summed E-state index contributed by atoms with van der Waals surface area (Å²) in [4.78, 5) is 24.5. The summed E-state index contributed by atoms with van der Waals surface area (Å²) in [5, 5.41) is 0. The molecule has 0 aromatic heterocycles. The van der Waals surface area contributed by atoms with Gasteiger partial charge in [-0.1, -0.05) is 24.8 Å². The summed E-state index contributed by atoms with van der Waals surface area (Å²) in [6, 6.07) is 6.92. The van der Waals surface area contributed by atoms with Gasteiger partial charge in [-0.3, -0.25) is 9.28 Å². The number of amides is 1. The maximum absolute atomic E-state index is 12.4. The molecule has 0 atom stereocenters. The van der Waals surface area contributed by atoms with Gasteiger partial charge in [-0.25, -0.2) is 4.79 Å². The Morgan fingerprint density at radius 1 is 1.17 bits per heavy atom. The van der Waals surface area contributed by atoms with Crippen LogP contribution in [0.25, 0.3) is 0 Å². The van der Waals surface area contributed by atoms with Crippen LogP contribution in [0.1, 0.15) is 34.6 Å². The molecule has 1 aromatic rings. The fraction of sp³-hybridized carbons (Fsp3) is 0.333. The molecule has 0 aliphatic heterocycles. The molecule has 0 spiro atoms. The molecule has 96 valence electrons. The highest BCUT2D eigenvalue weighted by molar-refractivity contribution is 6.13. The maximum Gasteiger partial charge on any atom is 0.346 e. The number of rotatable bonds is 4. The Kier molecular flexibility index (Phi) is 4.19. The molecule has 0 saturated heterocycles. The lowest BCUT2D eigenvalue weighted by atomic mass is 9.98. The van der Waals surface area contributed by atoms with Gasteiger partial charge in [-0.2, -0.15) is 0 Å². The number of allylic oxidation sites excluding steroid dienone is 1. The third-order valence-electron chi connectivity index (χ3n) is 3.13. The Morgan fingerprint density at radius 2 is 1.67 bits per heavy atom. The molecule has 0 N–H and O–H groups in total. The molecule has 3 nitrogen and oxygen atoms in total. The second kappa shape index (κ2) is 5.27. The van der Waals surface area contributed by atoms with E-state index in [0.29, 0.717) is 23.2 Å². The summed E-state index contributed by atoms with van der Waals surface area (Å²) >= 11 is 0. The van der Waals surface area contributed by atoms with Crippen molar-refractivity contribution in [3.05, 3.63) is 47.5 Å². The number of nitrogens with zero attached hydrogens (tertiary/aromatic N) is 1. The van der Waals surface area contributed by atoms with Gasteiger partial charge in [0.15, 0.2) is 5.78 Å². The fourth-order valence-corrected chi connectivity index (χ4v) is 1.57. The van der Waals surface area contributed by atoms with Crippen molar-refractivity contribution in [1.29, 1.82) is 0 Å². The van der Waals surface area contributed by atoms with E-state index in [-0.39, 0.29) is 16.2 Å². The molecule has 0 unspecified atom stereocenters. The highest BCUT2D eigenvalue weighted by Gasteiger charge is 2.29. The van der Waals surface area contributed by atoms with Crippen molar-refractivity contribution < 1.29 is 14.1 Å². The van der Waals surface area contributed by atoms with Gasteiger partial charge >= 0.3 is 5.91 Å². The van der Waals surface area contributed by atoms with Gasteiger partial charge in [0.05, 0.1) is 26.2 Å². The van der Waals surface area contributed by atoms with Crippen LogP contribution in [0.4, 0.5) is 0 Å². The van der Waals surface area contributed by atoms with Crippen LogP contribution < -0.4 is 0 Å². The summed E-state index contributed by atoms with van der Waals surface area (Å²) in [5.41, 5.74) is 1.35. The zero-order valence-corrected chi connectivity index (χ0v) is 11.5. The third kappa shape index (κ3) is 2.74. The highest BCUT2D eigenvalue weighted by atomic mass is 16.2. The first-order chi connectivity index (χ1) is 8.31. The van der Waals surface area contributed by atoms with E-state index in [1.165, 1.54) is 0 Å². The zero-order chi connectivity index (χ0) is 13.9. The first kappa shape index (κ1) is 14.3. The first-order valence-corrected chi connectivity index (χ1v) is 5.98. The Morgan fingerprint density at radius 3 is 2.11 bits per heavy atom. The molecule has 1 amide bonds. The van der Waals surface area contributed by atoms with Gasteiger partial charge in [-0.15, -0.1) is 0 Å². The van der Waals surface area contributed by atoms with Crippen LogP contribution >= 0.6 is 0 Å². The van der Waals surface area contributed by atoms with Crippen molar-refractivity contribution in [1.82, 2.24) is 0 Å². The van der Waals surface area contributed by atoms with Crippen molar-refractivity contribution in [2.45, 2.75) is 13.8 Å². The number of hydrogen-bond donors (Lipinski definition) is 0. The normalized spacial score (nSPS) is 11.1. The molecule has 0 bridgehead atoms. The van der Waals surface area contributed by atoms with Gasteiger partial charge in [0.2, 0.25) is 0 Å². The minimum atomic E-state index is -0.171. The van der Waals surface area contributed by atoms with Crippen molar-refractivity contribution in [3.63, 3.8) is 0 Å². The van der Waals surface area contributed by atoms with E-state index in [1.54, 1.807) is 31.2 Å². The van der Waals surface area contributed by atoms with Crippen LogP contribution in [0, 0.1) is 0 Å². The van der Waals surface area contributed by atoms with Crippen molar-refractivity contribution >= 4 is 11.7 Å². The lowest BCUT2D eigenvalue weighted by molar-refractivity contribution is -0.805. The topological polar surface area (TPSA) is 34.1 Å². The third-order valence-corrected chi connectivity index (χ3v) is 3.13. The molecule has 1 rings (SSSR count). The van der Waals surface area contributed by atoms with Gasteiger partial charge in [0.1, 0.15) is 0 Å². The molecule has 0 heterocycles.